The summed E-state index contributed by atoms with van der Waals surface area (Å²) in [5.74, 6) is -0.348. The Morgan fingerprint density at radius 1 is 1.21 bits per heavy atom. The average molecular weight is 380 g/mol. The molecular weight excluding hydrogens is 365 g/mol. The van der Waals surface area contributed by atoms with Gasteiger partial charge in [0.05, 0.1) is 17.7 Å². The predicted octanol–water partition coefficient (Wildman–Crippen LogP) is 5.57. The number of esters is 1. The number of rotatable bonds is 4. The van der Waals surface area contributed by atoms with Crippen LogP contribution in [-0.2, 0) is 11.2 Å². The molecule has 0 saturated heterocycles. The summed E-state index contributed by atoms with van der Waals surface area (Å²) in [5, 5.41) is 3.29. The van der Waals surface area contributed by atoms with E-state index in [9.17, 15) is 4.79 Å². The van der Waals surface area contributed by atoms with E-state index in [0.717, 1.165) is 27.1 Å². The van der Waals surface area contributed by atoms with Gasteiger partial charge in [0.1, 0.15) is 0 Å². The number of ether oxygens (including phenoxy) is 1. The second-order valence-corrected chi connectivity index (χ2v) is 6.96. The number of methoxy groups -OCH3 is 1. The van der Waals surface area contributed by atoms with Crippen LogP contribution < -0.4 is 0 Å². The summed E-state index contributed by atoms with van der Waals surface area (Å²) < 4.78 is 4.82. The van der Waals surface area contributed by atoms with Crippen LogP contribution in [0.5, 0.6) is 0 Å². The zero-order valence-corrected chi connectivity index (χ0v) is 15.5. The molecule has 0 fully saturated rings. The fourth-order valence-electron chi connectivity index (χ4n) is 2.67. The van der Waals surface area contributed by atoms with Crippen molar-refractivity contribution < 1.29 is 9.53 Å². The molecule has 0 aliphatic carbocycles. The number of halogens is 2. The maximum atomic E-state index is 11.8. The van der Waals surface area contributed by atoms with Crippen LogP contribution in [0, 0.1) is 0 Å². The van der Waals surface area contributed by atoms with Crippen LogP contribution in [0.2, 0.25) is 10.0 Å². The topological polar surface area (TPSA) is 42.1 Å². The van der Waals surface area contributed by atoms with Gasteiger partial charge in [0.15, 0.2) is 0 Å². The molecule has 0 aliphatic heterocycles. The number of carbonyl (C=O) groups is 1. The first kappa shape index (κ1) is 17.2. The van der Waals surface area contributed by atoms with Crippen LogP contribution in [0.3, 0.4) is 0 Å². The van der Waals surface area contributed by atoms with Crippen molar-refractivity contribution >= 4 is 51.8 Å². The van der Waals surface area contributed by atoms with Crippen molar-refractivity contribution in [2.75, 3.05) is 13.4 Å². The Balaban J connectivity index is 2.12. The molecule has 0 radical (unpaired) electrons. The Kier molecular flexibility index (Phi) is 5.09. The summed E-state index contributed by atoms with van der Waals surface area (Å²) in [4.78, 5) is 15.2. The standard InChI is InChI=1S/C18H15Cl2NO2S/c1-23-18(22)11-4-6-16-13(8-11)14(17(21-16)24-2)7-10-3-5-12(19)9-15(10)20/h3-6,8-9,21H,7H2,1-2H3. The summed E-state index contributed by atoms with van der Waals surface area (Å²) >= 11 is 13.9. The summed E-state index contributed by atoms with van der Waals surface area (Å²) in [5.41, 5.74) is 3.60. The van der Waals surface area contributed by atoms with Gasteiger partial charge in [0.2, 0.25) is 0 Å². The lowest BCUT2D eigenvalue weighted by Gasteiger charge is -2.07. The van der Waals surface area contributed by atoms with Gasteiger partial charge in [0, 0.05) is 27.4 Å². The highest BCUT2D eigenvalue weighted by Crippen LogP contribution is 2.33. The van der Waals surface area contributed by atoms with Gasteiger partial charge >= 0.3 is 5.97 Å². The molecule has 0 aliphatic rings. The number of benzene rings is 2. The van der Waals surface area contributed by atoms with Crippen molar-refractivity contribution in [1.82, 2.24) is 4.98 Å². The van der Waals surface area contributed by atoms with Crippen LogP contribution in [0.25, 0.3) is 10.9 Å². The van der Waals surface area contributed by atoms with E-state index in [2.05, 4.69) is 4.98 Å². The van der Waals surface area contributed by atoms with Gasteiger partial charge in [-0.25, -0.2) is 4.79 Å². The molecule has 1 heterocycles. The number of thioether (sulfide) groups is 1. The molecule has 6 heteroatoms. The zero-order chi connectivity index (χ0) is 17.3. The highest BCUT2D eigenvalue weighted by atomic mass is 35.5. The van der Waals surface area contributed by atoms with E-state index in [4.69, 9.17) is 27.9 Å². The Morgan fingerprint density at radius 2 is 2.00 bits per heavy atom. The second-order valence-electron chi connectivity index (χ2n) is 5.30. The number of hydrogen-bond donors (Lipinski definition) is 1. The molecule has 3 aromatic rings. The second kappa shape index (κ2) is 7.09. The maximum absolute atomic E-state index is 11.8. The molecule has 3 rings (SSSR count). The quantitative estimate of drug-likeness (QED) is 0.475. The van der Waals surface area contributed by atoms with Crippen molar-refractivity contribution in [3.63, 3.8) is 0 Å². The lowest BCUT2D eigenvalue weighted by molar-refractivity contribution is 0.0601. The van der Waals surface area contributed by atoms with E-state index in [0.29, 0.717) is 22.0 Å². The van der Waals surface area contributed by atoms with E-state index in [1.54, 1.807) is 23.9 Å². The Morgan fingerprint density at radius 3 is 2.67 bits per heavy atom. The van der Waals surface area contributed by atoms with Gasteiger partial charge in [-0.05, 0) is 47.7 Å². The van der Waals surface area contributed by atoms with Crippen molar-refractivity contribution in [3.05, 3.63) is 63.1 Å². The van der Waals surface area contributed by atoms with Gasteiger partial charge in [-0.2, -0.15) is 0 Å². The van der Waals surface area contributed by atoms with E-state index >= 15 is 0 Å². The zero-order valence-electron chi connectivity index (χ0n) is 13.2. The molecule has 1 aromatic heterocycles. The van der Waals surface area contributed by atoms with Crippen LogP contribution in [0.15, 0.2) is 41.4 Å². The number of carbonyl (C=O) groups excluding carboxylic acids is 1. The highest BCUT2D eigenvalue weighted by molar-refractivity contribution is 7.98. The first-order valence-electron chi connectivity index (χ1n) is 7.24. The normalized spacial score (nSPS) is 11.0. The third kappa shape index (κ3) is 3.27. The van der Waals surface area contributed by atoms with Gasteiger partial charge in [-0.1, -0.05) is 29.3 Å². The summed E-state index contributed by atoms with van der Waals surface area (Å²) in [7, 11) is 1.38. The van der Waals surface area contributed by atoms with E-state index in [-0.39, 0.29) is 5.97 Å². The Hall–Kier alpha value is -1.62. The third-order valence-corrected chi connectivity index (χ3v) is 5.22. The smallest absolute Gasteiger partial charge is 0.337 e. The largest absolute Gasteiger partial charge is 0.465 e. The van der Waals surface area contributed by atoms with Crippen molar-refractivity contribution in [1.29, 1.82) is 0 Å². The summed E-state index contributed by atoms with van der Waals surface area (Å²) in [6.45, 7) is 0. The van der Waals surface area contributed by atoms with Crippen LogP contribution in [0.1, 0.15) is 21.5 Å². The van der Waals surface area contributed by atoms with Crippen LogP contribution in [-0.4, -0.2) is 24.3 Å². The molecule has 0 bridgehead atoms. The molecule has 124 valence electrons. The molecular formula is C18H15Cl2NO2S. The predicted molar refractivity (Wildman–Crippen MR) is 101 cm³/mol. The number of aromatic nitrogens is 1. The maximum Gasteiger partial charge on any atom is 0.337 e. The molecule has 0 spiro atoms. The summed E-state index contributed by atoms with van der Waals surface area (Å²) in [6.07, 6.45) is 2.66. The molecule has 0 amide bonds. The number of H-pyrrole nitrogens is 1. The molecule has 1 N–H and O–H groups in total. The van der Waals surface area contributed by atoms with Crippen LogP contribution >= 0.6 is 35.0 Å². The monoisotopic (exact) mass is 379 g/mol. The first-order valence-corrected chi connectivity index (χ1v) is 9.22. The fraction of sp³-hybridized carbons (Fsp3) is 0.167. The number of fused-ring (bicyclic) bond motifs is 1. The van der Waals surface area contributed by atoms with E-state index in [1.165, 1.54) is 7.11 Å². The minimum absolute atomic E-state index is 0.348. The highest BCUT2D eigenvalue weighted by Gasteiger charge is 2.15. The SMILES string of the molecule is COC(=O)c1ccc2[nH]c(SC)c(Cc3ccc(Cl)cc3Cl)c2c1. The van der Waals surface area contributed by atoms with Gasteiger partial charge in [0.25, 0.3) is 0 Å². The number of nitrogens with one attached hydrogen (secondary N) is 1. The molecule has 3 nitrogen and oxygen atoms in total. The van der Waals surface area contributed by atoms with Crippen molar-refractivity contribution in [3.8, 4) is 0 Å². The molecule has 0 atom stereocenters. The van der Waals surface area contributed by atoms with Gasteiger partial charge < -0.3 is 9.72 Å². The van der Waals surface area contributed by atoms with Crippen LogP contribution in [0.4, 0.5) is 0 Å². The molecule has 0 unspecified atom stereocenters. The minimum Gasteiger partial charge on any atom is -0.465 e. The van der Waals surface area contributed by atoms with Crippen molar-refractivity contribution in [2.24, 2.45) is 0 Å². The first-order chi connectivity index (χ1) is 11.5. The van der Waals surface area contributed by atoms with E-state index < -0.39 is 0 Å². The average Bonchev–Trinajstić information content (AvgIpc) is 2.93. The molecule has 2 aromatic carbocycles. The number of hydrogen-bond acceptors (Lipinski definition) is 3. The lowest BCUT2D eigenvalue weighted by Crippen LogP contribution is -2.00. The third-order valence-electron chi connectivity index (χ3n) is 3.87. The Bertz CT molecular complexity index is 921. The van der Waals surface area contributed by atoms with Crippen molar-refractivity contribution in [2.45, 2.75) is 11.4 Å². The molecule has 0 saturated carbocycles. The van der Waals surface area contributed by atoms with Gasteiger partial charge in [-0.3, -0.25) is 0 Å². The summed E-state index contributed by atoms with van der Waals surface area (Å²) in [6, 6.07) is 11.0. The fourth-order valence-corrected chi connectivity index (χ4v) is 3.79. The van der Waals surface area contributed by atoms with E-state index in [1.807, 2.05) is 30.5 Å². The van der Waals surface area contributed by atoms with Gasteiger partial charge in [-0.15, -0.1) is 11.8 Å². The minimum atomic E-state index is -0.348. The lowest BCUT2D eigenvalue weighted by atomic mass is 10.0. The number of aromatic amines is 1. The Labute approximate surface area is 154 Å². The molecule has 24 heavy (non-hydrogen) atoms.